The largest absolute Gasteiger partial charge is 0.490 e. The number of benzene rings is 1. The van der Waals surface area contributed by atoms with Gasteiger partial charge in [0.25, 0.3) is 0 Å². The minimum absolute atomic E-state index is 0.125. The van der Waals surface area contributed by atoms with Gasteiger partial charge in [-0.3, -0.25) is 4.90 Å². The van der Waals surface area contributed by atoms with Crippen LogP contribution >= 0.6 is 0 Å². The fraction of sp³-hybridized carbons (Fsp3) is 0.455. The predicted octanol–water partition coefficient (Wildman–Crippen LogP) is 2.13. The Kier molecular flexibility index (Phi) is 4.84. The van der Waals surface area contributed by atoms with Crippen molar-refractivity contribution in [2.45, 2.75) is 38.0 Å². The minimum atomic E-state index is -0.896. The van der Waals surface area contributed by atoms with Crippen molar-refractivity contribution in [2.24, 2.45) is 5.73 Å². The maximum atomic E-state index is 10.5. The van der Waals surface area contributed by atoms with Gasteiger partial charge >= 0.3 is 0 Å². The molecule has 144 valence electrons. The van der Waals surface area contributed by atoms with Gasteiger partial charge in [0, 0.05) is 31.2 Å². The zero-order valence-electron chi connectivity index (χ0n) is 16.1. The summed E-state index contributed by atoms with van der Waals surface area (Å²) in [6, 6.07) is 6.40. The summed E-state index contributed by atoms with van der Waals surface area (Å²) in [6.07, 6.45) is 9.52. The maximum Gasteiger partial charge on any atom is 0.127 e. The lowest BCUT2D eigenvalue weighted by atomic mass is 9.88. The molecule has 1 aromatic carbocycles. The molecule has 0 saturated carbocycles. The molecule has 0 aliphatic carbocycles. The zero-order chi connectivity index (χ0) is 19.0. The number of hydrogen-bond donors (Lipinski definition) is 3. The van der Waals surface area contributed by atoms with Gasteiger partial charge in [0.15, 0.2) is 0 Å². The van der Waals surface area contributed by atoms with Crippen LogP contribution in [0.3, 0.4) is 0 Å². The second-order valence-electron chi connectivity index (χ2n) is 8.21. The van der Waals surface area contributed by atoms with Gasteiger partial charge in [-0.15, -0.1) is 0 Å². The third kappa shape index (κ3) is 3.81. The molecule has 3 aliphatic heterocycles. The van der Waals surface area contributed by atoms with Crippen LogP contribution < -0.4 is 15.8 Å². The van der Waals surface area contributed by atoms with Crippen molar-refractivity contribution < 1.29 is 9.84 Å². The first-order chi connectivity index (χ1) is 12.9. The summed E-state index contributed by atoms with van der Waals surface area (Å²) in [5.41, 5.74) is 9.51. The number of ether oxygens (including phenoxy) is 1. The van der Waals surface area contributed by atoms with Crippen LogP contribution in [0.1, 0.15) is 31.4 Å². The Hall–Kier alpha value is -2.08. The molecular weight excluding hydrogens is 338 g/mol. The Labute approximate surface area is 161 Å². The van der Waals surface area contributed by atoms with Crippen LogP contribution in [0.5, 0.6) is 5.75 Å². The van der Waals surface area contributed by atoms with Crippen molar-refractivity contribution in [3.63, 3.8) is 0 Å². The average Bonchev–Trinajstić information content (AvgIpc) is 2.98. The molecule has 2 atom stereocenters. The van der Waals surface area contributed by atoms with Crippen molar-refractivity contribution >= 4 is 5.57 Å². The molecule has 0 radical (unpaired) electrons. The lowest BCUT2D eigenvalue weighted by molar-refractivity contribution is 0.0785. The van der Waals surface area contributed by atoms with Crippen molar-refractivity contribution in [1.82, 2.24) is 10.2 Å². The fourth-order valence-corrected chi connectivity index (χ4v) is 4.00. The predicted molar refractivity (Wildman–Crippen MR) is 108 cm³/mol. The molecule has 5 nitrogen and oxygen atoms in total. The Balaban J connectivity index is 1.76. The van der Waals surface area contributed by atoms with Crippen molar-refractivity contribution in [3.8, 4) is 5.75 Å². The van der Waals surface area contributed by atoms with Crippen LogP contribution in [-0.2, 0) is 5.60 Å². The minimum Gasteiger partial charge on any atom is -0.490 e. The van der Waals surface area contributed by atoms with E-state index in [2.05, 4.69) is 28.4 Å². The summed E-state index contributed by atoms with van der Waals surface area (Å²) < 4.78 is 6.11. The lowest BCUT2D eigenvalue weighted by Crippen LogP contribution is -2.33. The van der Waals surface area contributed by atoms with Gasteiger partial charge < -0.3 is 20.9 Å². The van der Waals surface area contributed by atoms with Crippen LogP contribution in [0.4, 0.5) is 0 Å². The van der Waals surface area contributed by atoms with E-state index < -0.39 is 5.60 Å². The SMILES string of the molecule is CC(C)(O)c1ccc2c(c1)/C(=C/CN1CC[C@@H](N)C1)C1=CC=CNC1CO2. The van der Waals surface area contributed by atoms with E-state index in [4.69, 9.17) is 10.5 Å². The number of hydrogen-bond acceptors (Lipinski definition) is 5. The van der Waals surface area contributed by atoms with Crippen molar-refractivity contribution in [1.29, 1.82) is 0 Å². The maximum absolute atomic E-state index is 10.5. The molecular formula is C22H29N3O2. The molecule has 1 unspecified atom stereocenters. The van der Waals surface area contributed by atoms with Gasteiger partial charge in [-0.25, -0.2) is 0 Å². The second-order valence-corrected chi connectivity index (χ2v) is 8.21. The monoisotopic (exact) mass is 367 g/mol. The molecule has 3 heterocycles. The molecule has 1 aromatic rings. The number of nitrogens with one attached hydrogen (secondary N) is 1. The molecule has 0 bridgehead atoms. The topological polar surface area (TPSA) is 70.8 Å². The smallest absolute Gasteiger partial charge is 0.127 e. The number of aliphatic hydroxyl groups is 1. The van der Waals surface area contributed by atoms with E-state index in [9.17, 15) is 5.11 Å². The van der Waals surface area contributed by atoms with E-state index in [-0.39, 0.29) is 12.1 Å². The lowest BCUT2D eigenvalue weighted by Gasteiger charge is -2.23. The van der Waals surface area contributed by atoms with Gasteiger partial charge in [-0.1, -0.05) is 18.2 Å². The van der Waals surface area contributed by atoms with E-state index in [0.717, 1.165) is 42.9 Å². The number of rotatable bonds is 3. The van der Waals surface area contributed by atoms with Crippen molar-refractivity contribution in [3.05, 3.63) is 59.3 Å². The summed E-state index contributed by atoms with van der Waals surface area (Å²) in [6.45, 7) is 7.05. The summed E-state index contributed by atoms with van der Waals surface area (Å²) in [5.74, 6) is 0.865. The standard InChI is InChI=1S/C22H29N3O2/c1-22(2,26)15-5-6-21-19(12-15)17(8-11-25-10-7-16(23)13-25)18-4-3-9-24-20(18)14-27-21/h3-6,8-9,12,16,20,24,26H,7,10-11,13-14,23H2,1-2H3/b17-8+/t16-,20?/m1/s1. The first-order valence-corrected chi connectivity index (χ1v) is 9.73. The van der Waals surface area contributed by atoms with Crippen LogP contribution in [0.2, 0.25) is 0 Å². The number of allylic oxidation sites excluding steroid dienone is 2. The molecule has 3 aliphatic rings. The molecule has 0 aromatic heterocycles. The highest BCUT2D eigenvalue weighted by Crippen LogP contribution is 2.39. The van der Waals surface area contributed by atoms with Crippen LogP contribution in [0.25, 0.3) is 5.57 Å². The molecule has 4 rings (SSSR count). The van der Waals surface area contributed by atoms with Crippen LogP contribution in [-0.4, -0.2) is 48.3 Å². The number of fused-ring (bicyclic) bond motifs is 2. The third-order valence-corrected chi connectivity index (χ3v) is 5.60. The Morgan fingerprint density at radius 2 is 2.26 bits per heavy atom. The number of dihydropyridines is 1. The average molecular weight is 367 g/mol. The quantitative estimate of drug-likeness (QED) is 0.764. The summed E-state index contributed by atoms with van der Waals surface area (Å²) >= 11 is 0. The summed E-state index contributed by atoms with van der Waals surface area (Å²) in [5, 5.41) is 13.9. The van der Waals surface area contributed by atoms with E-state index in [1.165, 1.54) is 11.1 Å². The molecule has 1 saturated heterocycles. The third-order valence-electron chi connectivity index (χ3n) is 5.60. The Bertz CT molecular complexity index is 804. The fourth-order valence-electron chi connectivity index (χ4n) is 4.00. The number of likely N-dealkylation sites (tertiary alicyclic amines) is 1. The molecule has 4 N–H and O–H groups in total. The molecule has 0 amide bonds. The highest BCUT2D eigenvalue weighted by Gasteiger charge is 2.28. The number of nitrogens with zero attached hydrogens (tertiary/aromatic N) is 1. The Morgan fingerprint density at radius 1 is 1.41 bits per heavy atom. The van der Waals surface area contributed by atoms with Gasteiger partial charge in [0.1, 0.15) is 12.4 Å². The van der Waals surface area contributed by atoms with E-state index in [1.807, 2.05) is 38.3 Å². The highest BCUT2D eigenvalue weighted by atomic mass is 16.5. The molecule has 0 spiro atoms. The first-order valence-electron chi connectivity index (χ1n) is 9.73. The summed E-state index contributed by atoms with van der Waals surface area (Å²) in [7, 11) is 0. The van der Waals surface area contributed by atoms with E-state index in [0.29, 0.717) is 6.61 Å². The van der Waals surface area contributed by atoms with Crippen LogP contribution in [0.15, 0.2) is 48.2 Å². The molecule has 5 heteroatoms. The van der Waals surface area contributed by atoms with E-state index >= 15 is 0 Å². The van der Waals surface area contributed by atoms with Crippen LogP contribution in [0, 0.1) is 0 Å². The Morgan fingerprint density at radius 3 is 3.00 bits per heavy atom. The van der Waals surface area contributed by atoms with Gasteiger partial charge in [0.05, 0.1) is 11.6 Å². The van der Waals surface area contributed by atoms with Crippen molar-refractivity contribution in [2.75, 3.05) is 26.2 Å². The molecule has 1 fully saturated rings. The highest BCUT2D eigenvalue weighted by molar-refractivity contribution is 5.85. The van der Waals surface area contributed by atoms with Gasteiger partial charge in [-0.2, -0.15) is 0 Å². The van der Waals surface area contributed by atoms with E-state index in [1.54, 1.807) is 0 Å². The second kappa shape index (κ2) is 7.15. The van der Waals surface area contributed by atoms with Gasteiger partial charge in [0.2, 0.25) is 0 Å². The van der Waals surface area contributed by atoms with Gasteiger partial charge in [-0.05, 0) is 61.4 Å². The zero-order valence-corrected chi connectivity index (χ0v) is 16.1. The number of nitrogens with two attached hydrogens (primary N) is 1. The summed E-state index contributed by atoms with van der Waals surface area (Å²) in [4.78, 5) is 2.39. The normalized spacial score (nSPS) is 26.7. The molecule has 27 heavy (non-hydrogen) atoms. The first kappa shape index (κ1) is 18.3.